The number of carbonyl (C=O) groups excluding carboxylic acids is 1. The highest BCUT2D eigenvalue weighted by molar-refractivity contribution is 5.93. The molecule has 1 atom stereocenters. The van der Waals surface area contributed by atoms with Crippen LogP contribution in [0, 0.1) is 13.8 Å². The molecule has 0 unspecified atom stereocenters. The van der Waals surface area contributed by atoms with Gasteiger partial charge in [-0.3, -0.25) is 9.78 Å². The average molecular weight is 270 g/mol. The van der Waals surface area contributed by atoms with Gasteiger partial charge in [0.2, 0.25) is 0 Å². The molecule has 3 rings (SSSR count). The molecule has 0 saturated carbocycles. The summed E-state index contributed by atoms with van der Waals surface area (Å²) < 4.78 is 0. The predicted octanol–water partition coefficient (Wildman–Crippen LogP) is 2.05. The SMILES string of the molecule is Cc1cnc([C@@H]2CCN(C(=O)c3ncccc3C)C2)[nH]1. The smallest absolute Gasteiger partial charge is 0.272 e. The van der Waals surface area contributed by atoms with Crippen molar-refractivity contribution in [3.05, 3.63) is 47.3 Å². The lowest BCUT2D eigenvalue weighted by molar-refractivity contribution is 0.0784. The predicted molar refractivity (Wildman–Crippen MR) is 75.6 cm³/mol. The van der Waals surface area contributed by atoms with E-state index in [0.717, 1.165) is 30.0 Å². The zero-order valence-electron chi connectivity index (χ0n) is 11.8. The molecule has 2 aromatic heterocycles. The molecule has 1 N–H and O–H groups in total. The number of aromatic nitrogens is 3. The molecule has 3 heterocycles. The van der Waals surface area contributed by atoms with Crippen LogP contribution in [0.25, 0.3) is 0 Å². The van der Waals surface area contributed by atoms with Crippen LogP contribution in [0.2, 0.25) is 0 Å². The van der Waals surface area contributed by atoms with Crippen LogP contribution in [-0.2, 0) is 0 Å². The lowest BCUT2D eigenvalue weighted by Gasteiger charge is -2.16. The summed E-state index contributed by atoms with van der Waals surface area (Å²) in [6, 6.07) is 3.77. The number of hydrogen-bond acceptors (Lipinski definition) is 3. The van der Waals surface area contributed by atoms with Gasteiger partial charge in [-0.15, -0.1) is 0 Å². The maximum Gasteiger partial charge on any atom is 0.272 e. The molecular formula is C15H18N4O. The quantitative estimate of drug-likeness (QED) is 0.908. The van der Waals surface area contributed by atoms with E-state index in [4.69, 9.17) is 0 Å². The van der Waals surface area contributed by atoms with Gasteiger partial charge in [-0.2, -0.15) is 0 Å². The third kappa shape index (κ3) is 2.31. The molecule has 0 bridgehead atoms. The van der Waals surface area contributed by atoms with Gasteiger partial charge < -0.3 is 9.88 Å². The molecule has 1 fully saturated rings. The summed E-state index contributed by atoms with van der Waals surface area (Å²) in [6.07, 6.45) is 4.46. The molecule has 1 amide bonds. The van der Waals surface area contributed by atoms with E-state index < -0.39 is 0 Å². The van der Waals surface area contributed by atoms with Gasteiger partial charge >= 0.3 is 0 Å². The number of pyridine rings is 1. The van der Waals surface area contributed by atoms with Crippen LogP contribution >= 0.6 is 0 Å². The Morgan fingerprint density at radius 3 is 2.95 bits per heavy atom. The lowest BCUT2D eigenvalue weighted by Crippen LogP contribution is -2.29. The lowest BCUT2D eigenvalue weighted by atomic mass is 10.1. The number of aryl methyl sites for hydroxylation is 2. The number of hydrogen-bond donors (Lipinski definition) is 1. The van der Waals surface area contributed by atoms with Crippen molar-refractivity contribution in [3.8, 4) is 0 Å². The van der Waals surface area contributed by atoms with Gasteiger partial charge in [0.05, 0.1) is 0 Å². The van der Waals surface area contributed by atoms with Crippen molar-refractivity contribution < 1.29 is 4.79 Å². The highest BCUT2D eigenvalue weighted by atomic mass is 16.2. The second-order valence-electron chi connectivity index (χ2n) is 5.36. The first kappa shape index (κ1) is 12.8. The van der Waals surface area contributed by atoms with Crippen molar-refractivity contribution in [1.82, 2.24) is 19.9 Å². The van der Waals surface area contributed by atoms with Crippen LogP contribution in [0.1, 0.15) is 39.9 Å². The molecular weight excluding hydrogens is 252 g/mol. The Balaban J connectivity index is 1.74. The third-order valence-electron chi connectivity index (χ3n) is 3.80. The third-order valence-corrected chi connectivity index (χ3v) is 3.80. The van der Waals surface area contributed by atoms with E-state index in [-0.39, 0.29) is 5.91 Å². The van der Waals surface area contributed by atoms with Gasteiger partial charge in [0, 0.05) is 37.1 Å². The molecule has 0 spiro atoms. The molecule has 1 aliphatic heterocycles. The summed E-state index contributed by atoms with van der Waals surface area (Å²) in [5, 5.41) is 0. The van der Waals surface area contributed by atoms with E-state index in [0.29, 0.717) is 18.2 Å². The summed E-state index contributed by atoms with van der Waals surface area (Å²) in [7, 11) is 0. The number of nitrogens with one attached hydrogen (secondary N) is 1. The highest BCUT2D eigenvalue weighted by Crippen LogP contribution is 2.26. The van der Waals surface area contributed by atoms with Crippen molar-refractivity contribution in [2.24, 2.45) is 0 Å². The molecule has 104 valence electrons. The number of likely N-dealkylation sites (tertiary alicyclic amines) is 1. The van der Waals surface area contributed by atoms with E-state index >= 15 is 0 Å². The first-order valence-electron chi connectivity index (χ1n) is 6.87. The zero-order chi connectivity index (χ0) is 14.1. The summed E-state index contributed by atoms with van der Waals surface area (Å²) in [5.74, 6) is 1.31. The largest absolute Gasteiger partial charge is 0.346 e. The second-order valence-corrected chi connectivity index (χ2v) is 5.36. The highest BCUT2D eigenvalue weighted by Gasteiger charge is 2.30. The van der Waals surface area contributed by atoms with Crippen LogP contribution in [0.5, 0.6) is 0 Å². The average Bonchev–Trinajstić information content (AvgIpc) is 3.07. The normalized spacial score (nSPS) is 18.5. The number of nitrogens with zero attached hydrogens (tertiary/aromatic N) is 3. The van der Waals surface area contributed by atoms with Gasteiger partial charge in [0.1, 0.15) is 11.5 Å². The Morgan fingerprint density at radius 1 is 1.40 bits per heavy atom. The minimum Gasteiger partial charge on any atom is -0.346 e. The monoisotopic (exact) mass is 270 g/mol. The Labute approximate surface area is 118 Å². The van der Waals surface area contributed by atoms with Gasteiger partial charge in [-0.05, 0) is 31.9 Å². The van der Waals surface area contributed by atoms with Crippen molar-refractivity contribution in [2.45, 2.75) is 26.2 Å². The first-order valence-corrected chi connectivity index (χ1v) is 6.87. The minimum atomic E-state index is 0.0221. The standard InChI is InChI=1S/C15H18N4O/c1-10-4-3-6-16-13(10)15(20)19-7-5-12(9-19)14-17-8-11(2)18-14/h3-4,6,8,12H,5,7,9H2,1-2H3,(H,17,18)/t12-/m1/s1. The van der Waals surface area contributed by atoms with Gasteiger partial charge in [0.15, 0.2) is 0 Å². The molecule has 1 aliphatic rings. The number of carbonyl (C=O) groups is 1. The van der Waals surface area contributed by atoms with E-state index in [9.17, 15) is 4.79 Å². The number of amides is 1. The molecule has 0 aromatic carbocycles. The number of H-pyrrole nitrogens is 1. The molecule has 2 aromatic rings. The maximum absolute atomic E-state index is 12.5. The molecule has 20 heavy (non-hydrogen) atoms. The van der Waals surface area contributed by atoms with Crippen LogP contribution in [0.15, 0.2) is 24.5 Å². The van der Waals surface area contributed by atoms with Crippen LogP contribution < -0.4 is 0 Å². The molecule has 0 aliphatic carbocycles. The summed E-state index contributed by atoms with van der Waals surface area (Å²) in [5.41, 5.74) is 2.55. The van der Waals surface area contributed by atoms with Gasteiger partial charge in [-0.25, -0.2) is 4.98 Å². The van der Waals surface area contributed by atoms with Crippen LogP contribution in [-0.4, -0.2) is 38.8 Å². The van der Waals surface area contributed by atoms with Crippen molar-refractivity contribution >= 4 is 5.91 Å². The van der Waals surface area contributed by atoms with Gasteiger partial charge in [0.25, 0.3) is 5.91 Å². The molecule has 1 saturated heterocycles. The first-order chi connectivity index (χ1) is 9.65. The second kappa shape index (κ2) is 5.07. The zero-order valence-corrected chi connectivity index (χ0v) is 11.8. The Morgan fingerprint density at radius 2 is 2.25 bits per heavy atom. The molecule has 5 nitrogen and oxygen atoms in total. The van der Waals surface area contributed by atoms with Crippen LogP contribution in [0.3, 0.4) is 0 Å². The van der Waals surface area contributed by atoms with Crippen molar-refractivity contribution in [3.63, 3.8) is 0 Å². The number of imidazole rings is 1. The fraction of sp³-hybridized carbons (Fsp3) is 0.400. The summed E-state index contributed by atoms with van der Waals surface area (Å²) in [6.45, 7) is 5.39. The van der Waals surface area contributed by atoms with E-state index in [2.05, 4.69) is 15.0 Å². The van der Waals surface area contributed by atoms with E-state index in [1.165, 1.54) is 0 Å². The van der Waals surface area contributed by atoms with E-state index in [1.807, 2.05) is 37.1 Å². The van der Waals surface area contributed by atoms with Crippen molar-refractivity contribution in [2.75, 3.05) is 13.1 Å². The molecule has 5 heteroatoms. The van der Waals surface area contributed by atoms with E-state index in [1.54, 1.807) is 6.20 Å². The summed E-state index contributed by atoms with van der Waals surface area (Å²) in [4.78, 5) is 26.2. The topological polar surface area (TPSA) is 61.9 Å². The fourth-order valence-electron chi connectivity index (χ4n) is 2.67. The maximum atomic E-state index is 12.5. The Kier molecular flexibility index (Phi) is 3.26. The number of rotatable bonds is 2. The minimum absolute atomic E-state index is 0.0221. The Hall–Kier alpha value is -2.17. The van der Waals surface area contributed by atoms with Crippen molar-refractivity contribution in [1.29, 1.82) is 0 Å². The van der Waals surface area contributed by atoms with Gasteiger partial charge in [-0.1, -0.05) is 6.07 Å². The fourth-order valence-corrected chi connectivity index (χ4v) is 2.67. The summed E-state index contributed by atoms with van der Waals surface area (Å²) >= 11 is 0. The van der Waals surface area contributed by atoms with Crippen LogP contribution in [0.4, 0.5) is 0 Å². The number of aromatic amines is 1. The molecule has 0 radical (unpaired) electrons. The Bertz CT molecular complexity index is 634.